The van der Waals surface area contributed by atoms with Crippen LogP contribution in [0.15, 0.2) is 54.6 Å². The number of carbonyl (C=O) groups excluding carboxylic acids is 2. The molecule has 45 heavy (non-hydrogen) atoms. The summed E-state index contributed by atoms with van der Waals surface area (Å²) in [5.41, 5.74) is 14.9. The first-order chi connectivity index (χ1) is 21.9. The molecule has 2 amide bonds. The number of aromatic nitrogens is 3. The van der Waals surface area contributed by atoms with Crippen molar-refractivity contribution in [2.24, 2.45) is 24.6 Å². The Bertz CT molecular complexity index is 2070. The molecule has 5 aromatic rings. The number of nitrogens with two attached hydrogens (primary N) is 1. The highest BCUT2D eigenvalue weighted by atomic mass is 16.5. The quantitative estimate of drug-likeness (QED) is 0.283. The number of aryl methyl sites for hydroxylation is 1. The Morgan fingerprint density at radius 2 is 1.87 bits per heavy atom. The van der Waals surface area contributed by atoms with Crippen molar-refractivity contribution < 1.29 is 14.3 Å². The fourth-order valence-electron chi connectivity index (χ4n) is 8.05. The number of piperidine rings is 1. The Morgan fingerprint density at radius 1 is 1.04 bits per heavy atom. The van der Waals surface area contributed by atoms with Crippen molar-refractivity contribution in [3.05, 3.63) is 71.3 Å². The molecule has 0 unspecified atom stereocenters. The minimum Gasteiger partial charge on any atom is -0.494 e. The molecule has 0 spiro atoms. The van der Waals surface area contributed by atoms with Crippen LogP contribution in [0, 0.1) is 11.8 Å². The van der Waals surface area contributed by atoms with Crippen LogP contribution in [0.4, 0.5) is 0 Å². The minimum absolute atomic E-state index is 0.00206. The molecule has 3 fully saturated rings. The number of carbonyl (C=O) groups is 2. The molecule has 2 saturated carbocycles. The van der Waals surface area contributed by atoms with Crippen LogP contribution >= 0.6 is 0 Å². The van der Waals surface area contributed by atoms with Gasteiger partial charge in [0.15, 0.2) is 5.82 Å². The highest BCUT2D eigenvalue weighted by molar-refractivity contribution is 6.01. The first-order valence-corrected chi connectivity index (χ1v) is 16.0. The number of rotatable bonds is 6. The standard InChI is InChI=1S/C36H36N6O3/c1-40-33-27(12-24(15-31(33)45-2)36(44)42-18-23-8-10-28(42)32(23)37)39-34(40)30-14-22-6-5-21(13-29(22)41(30)17-19-3-4-19)20-7-9-26-25(11-20)16-38-35(26)43/h5-7,9,11-15,19,23,28,32H,3-4,8,10,16-18,37H2,1-2H3,(H,38,43)/t23-,28-,32-/m1/s1. The van der Waals surface area contributed by atoms with Gasteiger partial charge in [-0.25, -0.2) is 4.98 Å². The zero-order valence-corrected chi connectivity index (χ0v) is 25.5. The lowest BCUT2D eigenvalue weighted by Gasteiger charge is -2.27. The number of ether oxygens (including phenoxy) is 1. The molecule has 4 heterocycles. The summed E-state index contributed by atoms with van der Waals surface area (Å²) in [4.78, 5) is 33.0. The van der Waals surface area contributed by atoms with Crippen molar-refractivity contribution in [3.63, 3.8) is 0 Å². The van der Waals surface area contributed by atoms with E-state index in [-0.39, 0.29) is 23.9 Å². The lowest BCUT2D eigenvalue weighted by Crippen LogP contribution is -2.41. The molecule has 9 heteroatoms. The highest BCUT2D eigenvalue weighted by Crippen LogP contribution is 2.41. The molecule has 1 saturated heterocycles. The summed E-state index contributed by atoms with van der Waals surface area (Å²) in [6, 6.07) is 18.9. The second kappa shape index (κ2) is 9.68. The predicted octanol–water partition coefficient (Wildman–Crippen LogP) is 5.09. The van der Waals surface area contributed by atoms with Crippen LogP contribution in [0.3, 0.4) is 0 Å². The van der Waals surface area contributed by atoms with Gasteiger partial charge >= 0.3 is 0 Å². The SMILES string of the molecule is COc1cc(C(=O)N2C[C@H]3CC[C@@H]2[C@@H]3N)cc2nc(-c3cc4ccc(-c5ccc6c(c5)CNC6=O)cc4n3CC3CC3)n(C)c12. The van der Waals surface area contributed by atoms with Gasteiger partial charge in [0.25, 0.3) is 11.8 Å². The molecule has 9 nitrogen and oxygen atoms in total. The van der Waals surface area contributed by atoms with Crippen LogP contribution in [0.1, 0.15) is 52.0 Å². The van der Waals surface area contributed by atoms with Gasteiger partial charge in [0.1, 0.15) is 11.3 Å². The van der Waals surface area contributed by atoms with Crippen LogP contribution in [0.5, 0.6) is 5.75 Å². The Labute approximate surface area is 261 Å². The number of imidazole rings is 1. The second-order valence-corrected chi connectivity index (χ2v) is 13.4. The van der Waals surface area contributed by atoms with Crippen LogP contribution in [-0.2, 0) is 20.1 Å². The van der Waals surface area contributed by atoms with E-state index >= 15 is 0 Å². The van der Waals surface area contributed by atoms with Gasteiger partial charge in [-0.3, -0.25) is 9.59 Å². The molecule has 2 bridgehead atoms. The van der Waals surface area contributed by atoms with Crippen molar-refractivity contribution in [2.75, 3.05) is 13.7 Å². The van der Waals surface area contributed by atoms with E-state index in [4.69, 9.17) is 15.5 Å². The van der Waals surface area contributed by atoms with E-state index in [0.29, 0.717) is 29.7 Å². The number of nitrogens with zero attached hydrogens (tertiary/aromatic N) is 4. The topological polar surface area (TPSA) is 107 Å². The summed E-state index contributed by atoms with van der Waals surface area (Å²) in [6.07, 6.45) is 4.54. The van der Waals surface area contributed by atoms with E-state index in [1.165, 1.54) is 18.4 Å². The van der Waals surface area contributed by atoms with Crippen molar-refractivity contribution in [1.29, 1.82) is 0 Å². The van der Waals surface area contributed by atoms with Crippen LogP contribution in [0.2, 0.25) is 0 Å². The van der Waals surface area contributed by atoms with Crippen LogP contribution in [0.25, 0.3) is 44.6 Å². The van der Waals surface area contributed by atoms with E-state index in [0.717, 1.165) is 76.1 Å². The number of likely N-dealkylation sites (tertiary alicyclic amines) is 1. The summed E-state index contributed by atoms with van der Waals surface area (Å²) in [5.74, 6) is 2.53. The molecule has 3 atom stereocenters. The molecule has 0 radical (unpaired) electrons. The lowest BCUT2D eigenvalue weighted by molar-refractivity contribution is 0.0700. The van der Waals surface area contributed by atoms with E-state index in [1.807, 2.05) is 36.2 Å². The van der Waals surface area contributed by atoms with Gasteiger partial charge in [-0.15, -0.1) is 0 Å². The Kier molecular flexibility index (Phi) is 5.75. The van der Waals surface area contributed by atoms with Gasteiger partial charge < -0.3 is 29.8 Å². The van der Waals surface area contributed by atoms with E-state index in [9.17, 15) is 9.59 Å². The average Bonchev–Trinajstić information content (AvgIpc) is 3.26. The zero-order valence-electron chi connectivity index (χ0n) is 25.5. The maximum atomic E-state index is 13.7. The van der Waals surface area contributed by atoms with Crippen molar-refractivity contribution in [1.82, 2.24) is 24.3 Å². The third-order valence-corrected chi connectivity index (χ3v) is 10.7. The summed E-state index contributed by atoms with van der Waals surface area (Å²) >= 11 is 0. The Hall–Kier alpha value is -4.63. The average molecular weight is 601 g/mol. The highest BCUT2D eigenvalue weighted by Gasteiger charge is 2.47. The van der Waals surface area contributed by atoms with E-state index < -0.39 is 0 Å². The van der Waals surface area contributed by atoms with Crippen molar-refractivity contribution in [3.8, 4) is 28.4 Å². The first-order valence-electron chi connectivity index (χ1n) is 16.0. The van der Waals surface area contributed by atoms with Crippen molar-refractivity contribution in [2.45, 2.75) is 50.9 Å². The fourth-order valence-corrected chi connectivity index (χ4v) is 8.05. The predicted molar refractivity (Wildman–Crippen MR) is 173 cm³/mol. The first kappa shape index (κ1) is 26.7. The molecule has 228 valence electrons. The normalized spacial score (nSPS) is 22.1. The summed E-state index contributed by atoms with van der Waals surface area (Å²) < 4.78 is 10.4. The molecular weight excluding hydrogens is 564 g/mol. The van der Waals surface area contributed by atoms with Gasteiger partial charge in [-0.05, 0) is 90.6 Å². The van der Waals surface area contributed by atoms with Gasteiger partial charge in [0.05, 0.1) is 18.3 Å². The lowest BCUT2D eigenvalue weighted by atomic mass is 9.99. The largest absolute Gasteiger partial charge is 0.494 e. The number of benzene rings is 3. The maximum Gasteiger partial charge on any atom is 0.254 e. The molecule has 3 aromatic carbocycles. The molecule has 2 aliphatic heterocycles. The van der Waals surface area contributed by atoms with E-state index in [1.54, 1.807) is 7.11 Å². The number of hydrogen-bond acceptors (Lipinski definition) is 5. The third-order valence-electron chi connectivity index (χ3n) is 10.7. The van der Waals surface area contributed by atoms with Gasteiger partial charge in [-0.2, -0.15) is 0 Å². The van der Waals surface area contributed by atoms with E-state index in [2.05, 4.69) is 44.8 Å². The van der Waals surface area contributed by atoms with Gasteiger partial charge in [0.2, 0.25) is 0 Å². The summed E-state index contributed by atoms with van der Waals surface area (Å²) in [7, 11) is 3.68. The fraction of sp³-hybridized carbons (Fsp3) is 0.361. The maximum absolute atomic E-state index is 13.7. The minimum atomic E-state index is -0.00206. The monoisotopic (exact) mass is 600 g/mol. The number of amides is 2. The second-order valence-electron chi connectivity index (χ2n) is 13.4. The van der Waals surface area contributed by atoms with Gasteiger partial charge in [0, 0.05) is 60.8 Å². The van der Waals surface area contributed by atoms with Gasteiger partial charge in [-0.1, -0.05) is 18.2 Å². The van der Waals surface area contributed by atoms with Crippen LogP contribution in [-0.4, -0.2) is 56.6 Å². The zero-order chi connectivity index (χ0) is 30.6. The molecule has 2 aromatic heterocycles. The van der Waals surface area contributed by atoms with Crippen molar-refractivity contribution >= 4 is 33.8 Å². The number of nitrogens with one attached hydrogen (secondary N) is 1. The Balaban J connectivity index is 1.15. The molecule has 3 N–H and O–H groups in total. The molecular formula is C36H36N6O3. The van der Waals surface area contributed by atoms with Crippen LogP contribution < -0.4 is 15.8 Å². The smallest absolute Gasteiger partial charge is 0.254 e. The molecule has 4 aliphatic rings. The summed E-state index contributed by atoms with van der Waals surface area (Å²) in [5, 5.41) is 4.08. The molecule has 9 rings (SSSR count). The molecule has 2 aliphatic carbocycles. The summed E-state index contributed by atoms with van der Waals surface area (Å²) in [6.45, 7) is 2.22. The Morgan fingerprint density at radius 3 is 2.62 bits per heavy atom. The number of hydrogen-bond donors (Lipinski definition) is 2. The number of methoxy groups -OCH3 is 1. The third kappa shape index (κ3) is 4.06. The number of fused-ring (bicyclic) bond motifs is 5.